The zero-order chi connectivity index (χ0) is 19.3. The standard InChI is InChI=1S/C21H20N2O3S2/c1-25-17-12-15(18-5-4-10-27-18)11-16-13-23(8-9-26-21(16)17)20(24)14-28-19-6-2-3-7-22-19/h2-7,10-12H,8-9,13-14H2,1H3. The number of benzene rings is 1. The molecule has 0 unspecified atom stereocenters. The molecule has 1 aromatic carbocycles. The minimum absolute atomic E-state index is 0.0765. The Labute approximate surface area is 172 Å². The molecule has 0 spiro atoms. The van der Waals surface area contributed by atoms with Gasteiger partial charge < -0.3 is 14.4 Å². The van der Waals surface area contributed by atoms with Crippen molar-refractivity contribution in [2.45, 2.75) is 11.6 Å². The Morgan fingerprint density at radius 2 is 2.25 bits per heavy atom. The van der Waals surface area contributed by atoms with E-state index >= 15 is 0 Å². The van der Waals surface area contributed by atoms with Gasteiger partial charge in [0.2, 0.25) is 5.91 Å². The number of hydrogen-bond acceptors (Lipinski definition) is 6. The maximum atomic E-state index is 12.8. The zero-order valence-corrected chi connectivity index (χ0v) is 17.1. The van der Waals surface area contributed by atoms with Gasteiger partial charge in [0.1, 0.15) is 6.61 Å². The number of nitrogens with zero attached hydrogens (tertiary/aromatic N) is 2. The summed E-state index contributed by atoms with van der Waals surface area (Å²) in [6, 6.07) is 13.9. The number of methoxy groups -OCH3 is 1. The molecule has 4 rings (SSSR count). The number of aromatic nitrogens is 1. The van der Waals surface area contributed by atoms with Crippen LogP contribution in [0.3, 0.4) is 0 Å². The lowest BCUT2D eigenvalue weighted by Crippen LogP contribution is -2.33. The summed E-state index contributed by atoms with van der Waals surface area (Å²) >= 11 is 3.13. The van der Waals surface area contributed by atoms with Gasteiger partial charge in [-0.05, 0) is 41.3 Å². The van der Waals surface area contributed by atoms with Crippen LogP contribution in [0.1, 0.15) is 5.56 Å². The highest BCUT2D eigenvalue weighted by Crippen LogP contribution is 2.39. The minimum Gasteiger partial charge on any atom is -0.493 e. The van der Waals surface area contributed by atoms with E-state index < -0.39 is 0 Å². The first-order chi connectivity index (χ1) is 13.7. The fourth-order valence-electron chi connectivity index (χ4n) is 3.09. The van der Waals surface area contributed by atoms with Gasteiger partial charge in [0.25, 0.3) is 0 Å². The van der Waals surface area contributed by atoms with Gasteiger partial charge in [0.15, 0.2) is 11.5 Å². The molecule has 1 aliphatic rings. The van der Waals surface area contributed by atoms with Crippen molar-refractivity contribution in [3.05, 3.63) is 59.6 Å². The largest absolute Gasteiger partial charge is 0.493 e. The van der Waals surface area contributed by atoms with Crippen molar-refractivity contribution in [3.63, 3.8) is 0 Å². The lowest BCUT2D eigenvalue weighted by molar-refractivity contribution is -0.129. The maximum absolute atomic E-state index is 12.8. The van der Waals surface area contributed by atoms with Crippen molar-refractivity contribution in [2.75, 3.05) is 26.0 Å². The van der Waals surface area contributed by atoms with Crippen LogP contribution in [0.25, 0.3) is 10.4 Å². The molecule has 7 heteroatoms. The highest BCUT2D eigenvalue weighted by Gasteiger charge is 2.23. The number of carbonyl (C=O) groups excluding carboxylic acids is 1. The third-order valence-electron chi connectivity index (χ3n) is 4.46. The number of carbonyl (C=O) groups is 1. The molecule has 28 heavy (non-hydrogen) atoms. The Hall–Kier alpha value is -2.51. The summed E-state index contributed by atoms with van der Waals surface area (Å²) in [5.41, 5.74) is 2.04. The van der Waals surface area contributed by atoms with Gasteiger partial charge in [-0.25, -0.2) is 4.98 Å². The highest BCUT2D eigenvalue weighted by molar-refractivity contribution is 7.99. The number of pyridine rings is 1. The Morgan fingerprint density at radius 3 is 3.00 bits per heavy atom. The number of amides is 1. The zero-order valence-electron chi connectivity index (χ0n) is 15.5. The second-order valence-corrected chi connectivity index (χ2v) is 8.21. The molecule has 0 N–H and O–H groups in total. The fraction of sp³-hybridized carbons (Fsp3) is 0.238. The summed E-state index contributed by atoms with van der Waals surface area (Å²) in [4.78, 5) is 20.1. The van der Waals surface area contributed by atoms with Gasteiger partial charge in [-0.1, -0.05) is 23.9 Å². The molecule has 0 radical (unpaired) electrons. The molecule has 1 aliphatic heterocycles. The molecule has 3 aromatic rings. The number of thiophene rings is 1. The van der Waals surface area contributed by atoms with Crippen LogP contribution in [0.2, 0.25) is 0 Å². The first-order valence-corrected chi connectivity index (χ1v) is 10.8. The first-order valence-electron chi connectivity index (χ1n) is 8.94. The summed E-state index contributed by atoms with van der Waals surface area (Å²) in [6.07, 6.45) is 1.74. The quantitative estimate of drug-likeness (QED) is 0.584. The Bertz CT molecular complexity index is 946. The Morgan fingerprint density at radius 1 is 1.32 bits per heavy atom. The van der Waals surface area contributed by atoms with E-state index in [1.807, 2.05) is 35.2 Å². The van der Waals surface area contributed by atoms with E-state index in [1.165, 1.54) is 11.8 Å². The fourth-order valence-corrected chi connectivity index (χ4v) is 4.57. The normalized spacial score (nSPS) is 13.4. The number of fused-ring (bicyclic) bond motifs is 1. The van der Waals surface area contributed by atoms with Crippen LogP contribution >= 0.6 is 23.1 Å². The topological polar surface area (TPSA) is 51.7 Å². The van der Waals surface area contributed by atoms with E-state index in [4.69, 9.17) is 9.47 Å². The average Bonchev–Trinajstić information content (AvgIpc) is 3.18. The second kappa shape index (κ2) is 8.67. The van der Waals surface area contributed by atoms with Crippen LogP contribution in [0, 0.1) is 0 Å². The molecule has 0 saturated carbocycles. The molecule has 0 fully saturated rings. The van der Waals surface area contributed by atoms with Gasteiger partial charge >= 0.3 is 0 Å². The predicted molar refractivity (Wildman–Crippen MR) is 112 cm³/mol. The van der Waals surface area contributed by atoms with Gasteiger partial charge in [-0.3, -0.25) is 4.79 Å². The van der Waals surface area contributed by atoms with Gasteiger partial charge in [-0.15, -0.1) is 11.3 Å². The molecule has 1 amide bonds. The molecule has 144 valence electrons. The highest BCUT2D eigenvalue weighted by atomic mass is 32.2. The molecule has 0 aliphatic carbocycles. The number of ether oxygens (including phenoxy) is 2. The maximum Gasteiger partial charge on any atom is 0.233 e. The van der Waals surface area contributed by atoms with Crippen molar-refractivity contribution < 1.29 is 14.3 Å². The first kappa shape index (κ1) is 18.8. The van der Waals surface area contributed by atoms with Crippen LogP contribution in [0.4, 0.5) is 0 Å². The Kier molecular flexibility index (Phi) is 5.83. The number of rotatable bonds is 5. The monoisotopic (exact) mass is 412 g/mol. The van der Waals surface area contributed by atoms with Crippen LogP contribution in [0.15, 0.2) is 59.1 Å². The average molecular weight is 413 g/mol. The van der Waals surface area contributed by atoms with Crippen LogP contribution in [-0.4, -0.2) is 41.8 Å². The number of thioether (sulfide) groups is 1. The van der Waals surface area contributed by atoms with Crippen LogP contribution in [0.5, 0.6) is 11.5 Å². The van der Waals surface area contributed by atoms with Gasteiger partial charge in [0, 0.05) is 23.2 Å². The third-order valence-corrected chi connectivity index (χ3v) is 6.31. The van der Waals surface area contributed by atoms with Gasteiger partial charge in [0.05, 0.1) is 24.4 Å². The van der Waals surface area contributed by atoms with Crippen molar-refractivity contribution >= 4 is 29.0 Å². The van der Waals surface area contributed by atoms with Crippen molar-refractivity contribution in [1.82, 2.24) is 9.88 Å². The lowest BCUT2D eigenvalue weighted by Gasteiger charge is -2.20. The van der Waals surface area contributed by atoms with E-state index in [0.717, 1.165) is 26.8 Å². The van der Waals surface area contributed by atoms with Crippen molar-refractivity contribution in [1.29, 1.82) is 0 Å². The van der Waals surface area contributed by atoms with E-state index in [9.17, 15) is 4.79 Å². The molecule has 2 aromatic heterocycles. The van der Waals surface area contributed by atoms with E-state index in [2.05, 4.69) is 22.5 Å². The van der Waals surface area contributed by atoms with Crippen LogP contribution in [-0.2, 0) is 11.3 Å². The molecular formula is C21H20N2O3S2. The SMILES string of the molecule is COc1cc(-c2cccs2)cc2c1OCCN(C(=O)CSc1ccccn1)C2. The second-order valence-electron chi connectivity index (χ2n) is 6.26. The summed E-state index contributed by atoms with van der Waals surface area (Å²) in [6.45, 7) is 1.50. The van der Waals surface area contributed by atoms with Crippen molar-refractivity contribution in [3.8, 4) is 21.9 Å². The minimum atomic E-state index is 0.0765. The molecule has 0 atom stereocenters. The smallest absolute Gasteiger partial charge is 0.233 e. The molecular weight excluding hydrogens is 392 g/mol. The van der Waals surface area contributed by atoms with Gasteiger partial charge in [-0.2, -0.15) is 0 Å². The molecule has 0 saturated heterocycles. The van der Waals surface area contributed by atoms with E-state index in [1.54, 1.807) is 24.6 Å². The predicted octanol–water partition coefficient (Wildman–Crippen LogP) is 4.33. The van der Waals surface area contributed by atoms with E-state index in [-0.39, 0.29) is 5.91 Å². The molecule has 3 heterocycles. The molecule has 5 nitrogen and oxygen atoms in total. The Balaban J connectivity index is 1.55. The summed E-state index contributed by atoms with van der Waals surface area (Å²) < 4.78 is 11.5. The summed E-state index contributed by atoms with van der Waals surface area (Å²) in [7, 11) is 1.65. The molecule has 0 bridgehead atoms. The third kappa shape index (κ3) is 4.15. The number of hydrogen-bond donors (Lipinski definition) is 0. The van der Waals surface area contributed by atoms with Crippen LogP contribution < -0.4 is 9.47 Å². The van der Waals surface area contributed by atoms with E-state index in [0.29, 0.717) is 31.2 Å². The summed E-state index contributed by atoms with van der Waals surface area (Å²) in [5.74, 6) is 1.87. The van der Waals surface area contributed by atoms with Crippen molar-refractivity contribution in [2.24, 2.45) is 0 Å². The lowest BCUT2D eigenvalue weighted by atomic mass is 10.1. The summed E-state index contributed by atoms with van der Waals surface area (Å²) in [5, 5.41) is 2.90.